The number of amides is 2. The lowest BCUT2D eigenvalue weighted by Gasteiger charge is -2.32. The van der Waals surface area contributed by atoms with Gasteiger partial charge in [0.2, 0.25) is 5.91 Å². The molecule has 0 saturated heterocycles. The second-order valence-corrected chi connectivity index (χ2v) is 10.1. The summed E-state index contributed by atoms with van der Waals surface area (Å²) >= 11 is 6.14. The molecule has 220 valence electrons. The molecule has 0 aliphatic carbocycles. The van der Waals surface area contributed by atoms with Crippen molar-refractivity contribution < 1.29 is 23.8 Å². The van der Waals surface area contributed by atoms with Crippen molar-refractivity contribution >= 4 is 40.1 Å². The predicted octanol–water partition coefficient (Wildman–Crippen LogP) is 5.52. The molecule has 1 heterocycles. The fourth-order valence-electron chi connectivity index (χ4n) is 4.72. The molecule has 0 saturated carbocycles. The maximum Gasteiger partial charge on any atom is 0.251 e. The molecule has 0 spiro atoms. The Morgan fingerprint density at radius 3 is 2.28 bits per heavy atom. The van der Waals surface area contributed by atoms with Crippen LogP contribution >= 0.6 is 11.6 Å². The van der Waals surface area contributed by atoms with Crippen LogP contribution < -0.4 is 19.5 Å². The summed E-state index contributed by atoms with van der Waals surface area (Å²) in [5.41, 5.74) is 3.16. The zero-order valence-electron chi connectivity index (χ0n) is 23.9. The van der Waals surface area contributed by atoms with E-state index in [1.54, 1.807) is 68.8 Å². The van der Waals surface area contributed by atoms with Crippen LogP contribution in [0.15, 0.2) is 91.0 Å². The third kappa shape index (κ3) is 6.70. The first-order valence-electron chi connectivity index (χ1n) is 13.4. The highest BCUT2D eigenvalue weighted by molar-refractivity contribution is 6.30. The van der Waals surface area contributed by atoms with Gasteiger partial charge in [-0.05, 0) is 59.7 Å². The summed E-state index contributed by atoms with van der Waals surface area (Å²) in [7, 11) is 4.61. The maximum atomic E-state index is 14.2. The average Bonchev–Trinajstić information content (AvgIpc) is 3.44. The molecule has 0 aliphatic rings. The number of fused-ring (bicyclic) bond motifs is 1. The fraction of sp³-hybridized carbons (Fsp3) is 0.188. The van der Waals surface area contributed by atoms with E-state index in [1.165, 1.54) is 16.7 Å². The molecule has 11 heteroatoms. The lowest BCUT2D eigenvalue weighted by molar-refractivity contribution is -0.140. The van der Waals surface area contributed by atoms with E-state index in [0.717, 1.165) is 5.56 Å². The van der Waals surface area contributed by atoms with E-state index < -0.39 is 11.9 Å². The number of rotatable bonds is 11. The molecule has 0 bridgehead atoms. The summed E-state index contributed by atoms with van der Waals surface area (Å²) < 4.78 is 17.7. The minimum atomic E-state index is -1.05. The normalized spacial score (nSPS) is 11.5. The highest BCUT2D eigenvalue weighted by Crippen LogP contribution is 2.32. The Labute approximate surface area is 253 Å². The van der Waals surface area contributed by atoms with Crippen molar-refractivity contribution in [2.24, 2.45) is 0 Å². The second kappa shape index (κ2) is 13.3. The second-order valence-electron chi connectivity index (χ2n) is 9.62. The lowest BCUT2D eigenvalue weighted by Crippen LogP contribution is -2.42. The number of nitrogens with zero attached hydrogens (tertiary/aromatic N) is 4. The van der Waals surface area contributed by atoms with Crippen molar-refractivity contribution in [3.63, 3.8) is 0 Å². The number of anilines is 1. The molecule has 5 rings (SSSR count). The first kappa shape index (κ1) is 29.4. The Balaban J connectivity index is 1.57. The number of hydrogen-bond donors (Lipinski definition) is 1. The number of carbonyl (C=O) groups is 2. The molecule has 2 amide bonds. The van der Waals surface area contributed by atoms with Gasteiger partial charge < -0.3 is 24.4 Å². The number of methoxy groups -OCH3 is 3. The first-order valence-corrected chi connectivity index (χ1v) is 13.8. The number of hydrogen-bond acceptors (Lipinski definition) is 7. The summed E-state index contributed by atoms with van der Waals surface area (Å²) in [5, 5.41) is 11.9. The number of para-hydroxylation sites is 1. The van der Waals surface area contributed by atoms with Crippen molar-refractivity contribution in [3.05, 3.63) is 107 Å². The summed E-state index contributed by atoms with van der Waals surface area (Å²) in [6.45, 7) is -0.0214. The van der Waals surface area contributed by atoms with E-state index in [2.05, 4.69) is 15.6 Å². The molecule has 1 aromatic heterocycles. The Morgan fingerprint density at radius 1 is 0.884 bits per heavy atom. The van der Waals surface area contributed by atoms with Crippen molar-refractivity contribution in [2.45, 2.75) is 19.1 Å². The third-order valence-corrected chi connectivity index (χ3v) is 7.20. The van der Waals surface area contributed by atoms with Crippen molar-refractivity contribution in [2.75, 3.05) is 26.6 Å². The monoisotopic (exact) mass is 599 g/mol. The molecule has 1 unspecified atom stereocenters. The van der Waals surface area contributed by atoms with Crippen molar-refractivity contribution in [3.8, 4) is 17.2 Å². The summed E-state index contributed by atoms with van der Waals surface area (Å²) in [6, 6.07) is 25.6. The quantitative estimate of drug-likeness (QED) is 0.213. The van der Waals surface area contributed by atoms with Gasteiger partial charge in [0.15, 0.2) is 0 Å². The van der Waals surface area contributed by atoms with Gasteiger partial charge in [-0.15, -0.1) is 5.10 Å². The van der Waals surface area contributed by atoms with Crippen LogP contribution in [0.25, 0.3) is 11.0 Å². The van der Waals surface area contributed by atoms with E-state index in [-0.39, 0.29) is 19.0 Å². The maximum absolute atomic E-state index is 14.2. The van der Waals surface area contributed by atoms with Gasteiger partial charge in [0.05, 0.1) is 32.5 Å². The van der Waals surface area contributed by atoms with Crippen LogP contribution in [0.1, 0.15) is 17.2 Å². The van der Waals surface area contributed by atoms with E-state index in [9.17, 15) is 9.59 Å². The SMILES string of the molecule is COc1ccc(C(C(=O)Nc2ccc(OC)cc2OC)N(Cc2ccc(Cl)cc2)C(=O)Cn2nnc3ccccc32)cc1. The lowest BCUT2D eigenvalue weighted by atomic mass is 10.0. The Bertz CT molecular complexity index is 1720. The highest BCUT2D eigenvalue weighted by atomic mass is 35.5. The molecule has 43 heavy (non-hydrogen) atoms. The van der Waals surface area contributed by atoms with Gasteiger partial charge in [-0.2, -0.15) is 0 Å². The van der Waals surface area contributed by atoms with Gasteiger partial charge in [0, 0.05) is 17.6 Å². The van der Waals surface area contributed by atoms with Crippen LogP contribution in [-0.4, -0.2) is 53.0 Å². The van der Waals surface area contributed by atoms with Crippen LogP contribution in [-0.2, 0) is 22.7 Å². The van der Waals surface area contributed by atoms with Crippen molar-refractivity contribution in [1.29, 1.82) is 0 Å². The van der Waals surface area contributed by atoms with Crippen molar-refractivity contribution in [1.82, 2.24) is 19.9 Å². The topological polar surface area (TPSA) is 108 Å². The number of ether oxygens (including phenoxy) is 3. The number of benzene rings is 4. The molecule has 10 nitrogen and oxygen atoms in total. The largest absolute Gasteiger partial charge is 0.497 e. The Morgan fingerprint density at radius 2 is 1.58 bits per heavy atom. The van der Waals surface area contributed by atoms with Crippen LogP contribution in [0.2, 0.25) is 5.02 Å². The minimum absolute atomic E-state index is 0.118. The smallest absolute Gasteiger partial charge is 0.251 e. The van der Waals surface area contributed by atoms with Crippen LogP contribution in [0.3, 0.4) is 0 Å². The molecule has 1 N–H and O–H groups in total. The minimum Gasteiger partial charge on any atom is -0.497 e. The number of carbonyl (C=O) groups excluding carboxylic acids is 2. The van der Waals surface area contributed by atoms with Crippen LogP contribution in [0.5, 0.6) is 17.2 Å². The van der Waals surface area contributed by atoms with Gasteiger partial charge in [-0.1, -0.05) is 53.2 Å². The van der Waals surface area contributed by atoms with Gasteiger partial charge >= 0.3 is 0 Å². The average molecular weight is 600 g/mol. The standard InChI is InChI=1S/C32H30ClN5O5/c1-41-24-14-10-22(11-15-24)31(32(40)34-27-17-16-25(42-2)18-29(27)43-3)37(19-21-8-12-23(33)13-9-21)30(39)20-38-28-7-5-4-6-26(28)35-36-38/h4-18,31H,19-20H2,1-3H3,(H,34,40). The zero-order valence-corrected chi connectivity index (χ0v) is 24.6. The van der Waals surface area contributed by atoms with E-state index in [1.807, 2.05) is 36.4 Å². The number of aromatic nitrogens is 3. The van der Waals surface area contributed by atoms with Gasteiger partial charge in [0.1, 0.15) is 35.4 Å². The molecular formula is C32H30ClN5O5. The van der Waals surface area contributed by atoms with E-state index in [0.29, 0.717) is 44.6 Å². The number of nitrogens with one attached hydrogen (secondary N) is 1. The molecule has 0 fully saturated rings. The fourth-order valence-corrected chi connectivity index (χ4v) is 4.85. The highest BCUT2D eigenvalue weighted by Gasteiger charge is 2.33. The molecule has 0 aliphatic heterocycles. The van der Waals surface area contributed by atoms with Gasteiger partial charge in [-0.3, -0.25) is 9.59 Å². The summed E-state index contributed by atoms with van der Waals surface area (Å²) in [6.07, 6.45) is 0. The molecule has 4 aromatic carbocycles. The van der Waals surface area contributed by atoms with E-state index >= 15 is 0 Å². The Kier molecular flexibility index (Phi) is 9.07. The molecule has 1 atom stereocenters. The number of halogens is 1. The third-order valence-electron chi connectivity index (χ3n) is 6.95. The zero-order chi connectivity index (χ0) is 30.3. The predicted molar refractivity (Wildman–Crippen MR) is 163 cm³/mol. The van der Waals surface area contributed by atoms with Crippen LogP contribution in [0, 0.1) is 0 Å². The van der Waals surface area contributed by atoms with Gasteiger partial charge in [-0.25, -0.2) is 4.68 Å². The molecule has 0 radical (unpaired) electrons. The van der Waals surface area contributed by atoms with Gasteiger partial charge in [0.25, 0.3) is 5.91 Å². The summed E-state index contributed by atoms with van der Waals surface area (Å²) in [5.74, 6) is 0.805. The molecular weight excluding hydrogens is 570 g/mol. The van der Waals surface area contributed by atoms with E-state index in [4.69, 9.17) is 25.8 Å². The molecule has 5 aromatic rings. The first-order chi connectivity index (χ1) is 20.9. The Hall–Kier alpha value is -5.09. The van der Waals surface area contributed by atoms with Crippen LogP contribution in [0.4, 0.5) is 5.69 Å². The summed E-state index contributed by atoms with van der Waals surface area (Å²) in [4.78, 5) is 29.9.